The number of carbonyl (C=O) groups excluding carboxylic acids is 1. The van der Waals surface area contributed by atoms with E-state index in [2.05, 4.69) is 4.98 Å². The van der Waals surface area contributed by atoms with Gasteiger partial charge in [0.1, 0.15) is 5.82 Å². The zero-order valence-electron chi connectivity index (χ0n) is 12.5. The SMILES string of the molecule is O=C(c1cc(F)c([N+](=O)[O-])cc1F)N(CC1CC1)c1cccnc1. The van der Waals surface area contributed by atoms with Crippen molar-refractivity contribution in [1.29, 1.82) is 0 Å². The number of aromatic nitrogens is 1. The van der Waals surface area contributed by atoms with E-state index in [-0.39, 0.29) is 0 Å². The lowest BCUT2D eigenvalue weighted by molar-refractivity contribution is -0.387. The molecular weight excluding hydrogens is 320 g/mol. The van der Waals surface area contributed by atoms with E-state index in [1.54, 1.807) is 12.1 Å². The van der Waals surface area contributed by atoms with Crippen molar-refractivity contribution in [2.45, 2.75) is 12.8 Å². The number of nitro benzene ring substituents is 1. The van der Waals surface area contributed by atoms with Crippen LogP contribution in [0.1, 0.15) is 23.2 Å². The fourth-order valence-corrected chi connectivity index (χ4v) is 2.36. The van der Waals surface area contributed by atoms with Crippen LogP contribution in [-0.4, -0.2) is 22.4 Å². The number of rotatable bonds is 5. The fraction of sp³-hybridized carbons (Fsp3) is 0.250. The Morgan fingerprint density at radius 2 is 2.08 bits per heavy atom. The normalized spacial score (nSPS) is 13.6. The largest absolute Gasteiger partial charge is 0.307 e. The molecule has 0 radical (unpaired) electrons. The molecule has 24 heavy (non-hydrogen) atoms. The first-order valence-corrected chi connectivity index (χ1v) is 7.32. The minimum absolute atomic E-state index is 0.306. The molecular formula is C16H13F2N3O3. The Hall–Kier alpha value is -2.90. The highest BCUT2D eigenvalue weighted by Crippen LogP contribution is 2.32. The summed E-state index contributed by atoms with van der Waals surface area (Å²) in [4.78, 5) is 27.6. The molecule has 0 N–H and O–H groups in total. The molecule has 6 nitrogen and oxygen atoms in total. The minimum atomic E-state index is -1.25. The maximum Gasteiger partial charge on any atom is 0.307 e. The van der Waals surface area contributed by atoms with E-state index in [1.807, 2.05) is 0 Å². The number of carbonyl (C=O) groups is 1. The average Bonchev–Trinajstić information content (AvgIpc) is 3.38. The lowest BCUT2D eigenvalue weighted by Crippen LogP contribution is -2.33. The van der Waals surface area contributed by atoms with E-state index in [0.717, 1.165) is 12.8 Å². The molecule has 2 aromatic rings. The second-order valence-electron chi connectivity index (χ2n) is 5.61. The predicted molar refractivity (Wildman–Crippen MR) is 81.6 cm³/mol. The molecule has 1 amide bonds. The van der Waals surface area contributed by atoms with E-state index in [1.165, 1.54) is 17.3 Å². The van der Waals surface area contributed by atoms with Gasteiger partial charge in [0.05, 0.1) is 28.4 Å². The van der Waals surface area contributed by atoms with Crippen LogP contribution in [0, 0.1) is 27.7 Å². The number of amides is 1. The quantitative estimate of drug-likeness (QED) is 0.621. The lowest BCUT2D eigenvalue weighted by atomic mass is 10.1. The van der Waals surface area contributed by atoms with Crippen LogP contribution in [0.4, 0.5) is 20.2 Å². The van der Waals surface area contributed by atoms with Gasteiger partial charge >= 0.3 is 5.69 Å². The van der Waals surface area contributed by atoms with Crippen molar-refractivity contribution in [3.05, 3.63) is 64.0 Å². The number of benzene rings is 1. The number of anilines is 1. The number of nitro groups is 1. The highest BCUT2D eigenvalue weighted by atomic mass is 19.1. The van der Waals surface area contributed by atoms with Gasteiger partial charge in [-0.05, 0) is 37.0 Å². The second kappa shape index (κ2) is 6.31. The molecule has 1 aliphatic carbocycles. The highest BCUT2D eigenvalue weighted by Gasteiger charge is 2.31. The molecule has 8 heteroatoms. The molecule has 0 atom stereocenters. The van der Waals surface area contributed by atoms with Gasteiger partial charge in [-0.1, -0.05) is 0 Å². The van der Waals surface area contributed by atoms with Gasteiger partial charge in [0.2, 0.25) is 5.82 Å². The third-order valence-electron chi connectivity index (χ3n) is 3.80. The van der Waals surface area contributed by atoms with Gasteiger partial charge in [-0.25, -0.2) is 4.39 Å². The Balaban J connectivity index is 1.98. The van der Waals surface area contributed by atoms with Gasteiger partial charge < -0.3 is 4.90 Å². The van der Waals surface area contributed by atoms with E-state index in [9.17, 15) is 23.7 Å². The summed E-state index contributed by atoms with van der Waals surface area (Å²) in [5, 5.41) is 10.7. The van der Waals surface area contributed by atoms with Gasteiger partial charge in [-0.2, -0.15) is 4.39 Å². The zero-order chi connectivity index (χ0) is 17.3. The summed E-state index contributed by atoms with van der Waals surface area (Å²) in [7, 11) is 0. The summed E-state index contributed by atoms with van der Waals surface area (Å²) < 4.78 is 27.9. The van der Waals surface area contributed by atoms with Crippen LogP contribution in [-0.2, 0) is 0 Å². The van der Waals surface area contributed by atoms with E-state index < -0.39 is 33.7 Å². The van der Waals surface area contributed by atoms with E-state index in [4.69, 9.17) is 0 Å². The first kappa shape index (κ1) is 16.0. The van der Waals surface area contributed by atoms with Crippen LogP contribution in [0.25, 0.3) is 0 Å². The summed E-state index contributed by atoms with van der Waals surface area (Å²) >= 11 is 0. The summed E-state index contributed by atoms with van der Waals surface area (Å²) in [6.45, 7) is 0.364. The second-order valence-corrected chi connectivity index (χ2v) is 5.61. The van der Waals surface area contributed by atoms with Gasteiger partial charge in [-0.3, -0.25) is 19.9 Å². The van der Waals surface area contributed by atoms with E-state index >= 15 is 0 Å². The summed E-state index contributed by atoms with van der Waals surface area (Å²) in [6.07, 6.45) is 4.91. The van der Waals surface area contributed by atoms with Crippen molar-refractivity contribution >= 4 is 17.3 Å². The maximum absolute atomic E-state index is 14.1. The van der Waals surface area contributed by atoms with Crippen molar-refractivity contribution in [2.24, 2.45) is 5.92 Å². The van der Waals surface area contributed by atoms with Gasteiger partial charge in [0.15, 0.2) is 0 Å². The van der Waals surface area contributed by atoms with Crippen molar-refractivity contribution in [1.82, 2.24) is 4.98 Å². The summed E-state index contributed by atoms with van der Waals surface area (Å²) in [5.41, 5.74) is -1.07. The summed E-state index contributed by atoms with van der Waals surface area (Å²) in [5.74, 6) is -2.82. The molecule has 1 heterocycles. The molecule has 1 aromatic heterocycles. The molecule has 1 saturated carbocycles. The molecule has 1 aliphatic rings. The number of hydrogen-bond donors (Lipinski definition) is 0. The van der Waals surface area contributed by atoms with Crippen LogP contribution in [0.3, 0.4) is 0 Å². The molecule has 1 aromatic carbocycles. The zero-order valence-corrected chi connectivity index (χ0v) is 12.5. The number of hydrogen-bond acceptors (Lipinski definition) is 4. The van der Waals surface area contributed by atoms with Gasteiger partial charge in [-0.15, -0.1) is 0 Å². The van der Waals surface area contributed by atoms with Crippen LogP contribution < -0.4 is 4.90 Å². The molecule has 0 unspecified atom stereocenters. The Bertz CT molecular complexity index is 795. The van der Waals surface area contributed by atoms with E-state index in [0.29, 0.717) is 30.3 Å². The summed E-state index contributed by atoms with van der Waals surface area (Å²) in [6, 6.07) is 4.29. The number of pyridine rings is 1. The number of nitrogens with zero attached hydrogens (tertiary/aromatic N) is 3. The molecule has 3 rings (SSSR count). The molecule has 0 bridgehead atoms. The first-order valence-electron chi connectivity index (χ1n) is 7.32. The van der Waals surface area contributed by atoms with Crippen LogP contribution in [0.15, 0.2) is 36.7 Å². The third kappa shape index (κ3) is 3.22. The van der Waals surface area contributed by atoms with Crippen LogP contribution in [0.5, 0.6) is 0 Å². The smallest absolute Gasteiger partial charge is 0.306 e. The van der Waals surface area contributed by atoms with Crippen molar-refractivity contribution in [3.8, 4) is 0 Å². The Morgan fingerprint density at radius 3 is 2.67 bits per heavy atom. The Morgan fingerprint density at radius 1 is 1.33 bits per heavy atom. The fourth-order valence-electron chi connectivity index (χ4n) is 2.36. The van der Waals surface area contributed by atoms with Crippen molar-refractivity contribution < 1.29 is 18.5 Å². The molecule has 1 fully saturated rings. The predicted octanol–water partition coefficient (Wildman–Crippen LogP) is 3.32. The topological polar surface area (TPSA) is 76.3 Å². The molecule has 0 saturated heterocycles. The highest BCUT2D eigenvalue weighted by molar-refractivity contribution is 6.06. The van der Waals surface area contributed by atoms with Gasteiger partial charge in [0.25, 0.3) is 5.91 Å². The van der Waals surface area contributed by atoms with Crippen LogP contribution >= 0.6 is 0 Å². The van der Waals surface area contributed by atoms with Crippen molar-refractivity contribution in [3.63, 3.8) is 0 Å². The molecule has 124 valence electrons. The minimum Gasteiger partial charge on any atom is -0.306 e. The average molecular weight is 333 g/mol. The van der Waals surface area contributed by atoms with Crippen LogP contribution in [0.2, 0.25) is 0 Å². The molecule has 0 spiro atoms. The number of halogens is 2. The Labute approximate surface area is 135 Å². The Kier molecular flexibility index (Phi) is 4.20. The standard InChI is InChI=1S/C16H13F2N3O3/c17-13-7-15(21(23)24)14(18)6-12(13)16(22)20(9-10-3-4-10)11-2-1-5-19-8-11/h1-2,5-8,10H,3-4,9H2. The lowest BCUT2D eigenvalue weighted by Gasteiger charge is -2.22. The monoisotopic (exact) mass is 333 g/mol. The maximum atomic E-state index is 14.1. The third-order valence-corrected chi connectivity index (χ3v) is 3.80. The van der Waals surface area contributed by atoms with Crippen molar-refractivity contribution in [2.75, 3.05) is 11.4 Å². The van der Waals surface area contributed by atoms with Gasteiger partial charge in [0, 0.05) is 12.7 Å². The molecule has 0 aliphatic heterocycles. The first-order chi connectivity index (χ1) is 11.5.